The Morgan fingerprint density at radius 3 is 2.54 bits per heavy atom. The molecule has 2 aromatic carbocycles. The molecule has 1 amide bonds. The molecule has 5 heteroatoms. The summed E-state index contributed by atoms with van der Waals surface area (Å²) in [7, 11) is 0. The maximum absolute atomic E-state index is 12.1. The Kier molecular flexibility index (Phi) is 5.59. The zero-order chi connectivity index (χ0) is 18.4. The van der Waals surface area contributed by atoms with Crippen LogP contribution in [0.15, 0.2) is 66.7 Å². The lowest BCUT2D eigenvalue weighted by atomic mass is 10.1. The highest BCUT2D eigenvalue weighted by Gasteiger charge is 2.18. The second-order valence-electron chi connectivity index (χ2n) is 5.98. The third-order valence-corrected chi connectivity index (χ3v) is 3.96. The Labute approximate surface area is 152 Å². The van der Waals surface area contributed by atoms with Crippen LogP contribution in [0.4, 0.5) is 5.69 Å². The fourth-order valence-corrected chi connectivity index (χ4v) is 2.55. The lowest BCUT2D eigenvalue weighted by Crippen LogP contribution is -2.30. The lowest BCUT2D eigenvalue weighted by Gasteiger charge is -2.13. The van der Waals surface area contributed by atoms with E-state index in [1.165, 1.54) is 0 Å². The van der Waals surface area contributed by atoms with Gasteiger partial charge in [0.05, 0.1) is 11.9 Å². The molecule has 1 atom stereocenters. The van der Waals surface area contributed by atoms with Gasteiger partial charge in [0.2, 0.25) is 0 Å². The van der Waals surface area contributed by atoms with Crippen LogP contribution in [0.5, 0.6) is 0 Å². The molecule has 1 N–H and O–H groups in total. The van der Waals surface area contributed by atoms with Crippen LogP contribution in [-0.2, 0) is 20.7 Å². The van der Waals surface area contributed by atoms with Gasteiger partial charge in [0.15, 0.2) is 6.10 Å². The number of anilines is 1. The SMILES string of the molecule is C[C@H](OC(=O)CCc1ccc2ccccc2n1)C(=O)Nc1ccccc1. The van der Waals surface area contributed by atoms with Gasteiger partial charge in [-0.1, -0.05) is 42.5 Å². The topological polar surface area (TPSA) is 68.3 Å². The van der Waals surface area contributed by atoms with Crippen LogP contribution in [0.2, 0.25) is 0 Å². The minimum atomic E-state index is -0.854. The van der Waals surface area contributed by atoms with Crippen molar-refractivity contribution >= 4 is 28.5 Å². The van der Waals surface area contributed by atoms with Crippen molar-refractivity contribution < 1.29 is 14.3 Å². The molecular weight excluding hydrogens is 328 g/mol. The number of nitrogens with zero attached hydrogens (tertiary/aromatic N) is 1. The van der Waals surface area contributed by atoms with Crippen LogP contribution in [0, 0.1) is 0 Å². The molecule has 3 rings (SSSR count). The van der Waals surface area contributed by atoms with E-state index in [1.54, 1.807) is 19.1 Å². The molecule has 5 nitrogen and oxygen atoms in total. The van der Waals surface area contributed by atoms with Gasteiger partial charge < -0.3 is 10.1 Å². The number of nitrogens with one attached hydrogen (secondary N) is 1. The number of carbonyl (C=O) groups excluding carboxylic acids is 2. The fraction of sp³-hybridized carbons (Fsp3) is 0.190. The first-order valence-electron chi connectivity index (χ1n) is 8.52. The van der Waals surface area contributed by atoms with E-state index in [4.69, 9.17) is 4.74 Å². The van der Waals surface area contributed by atoms with Crippen molar-refractivity contribution in [3.63, 3.8) is 0 Å². The van der Waals surface area contributed by atoms with Crippen LogP contribution < -0.4 is 5.32 Å². The molecule has 0 saturated heterocycles. The molecule has 132 valence electrons. The van der Waals surface area contributed by atoms with Gasteiger partial charge in [0.1, 0.15) is 0 Å². The molecule has 0 fully saturated rings. The zero-order valence-corrected chi connectivity index (χ0v) is 14.5. The van der Waals surface area contributed by atoms with Gasteiger partial charge in [-0.2, -0.15) is 0 Å². The number of aromatic nitrogens is 1. The van der Waals surface area contributed by atoms with Crippen LogP contribution in [0.25, 0.3) is 10.9 Å². The Balaban J connectivity index is 1.50. The van der Waals surface area contributed by atoms with Gasteiger partial charge in [-0.3, -0.25) is 14.6 Å². The molecule has 1 heterocycles. The second-order valence-corrected chi connectivity index (χ2v) is 5.98. The van der Waals surface area contributed by atoms with Crippen molar-refractivity contribution in [1.29, 1.82) is 0 Å². The van der Waals surface area contributed by atoms with E-state index in [-0.39, 0.29) is 12.3 Å². The first-order chi connectivity index (χ1) is 12.6. The smallest absolute Gasteiger partial charge is 0.306 e. The number of benzene rings is 2. The number of carbonyl (C=O) groups is 2. The predicted molar refractivity (Wildman–Crippen MR) is 101 cm³/mol. The summed E-state index contributed by atoms with van der Waals surface area (Å²) in [5.41, 5.74) is 2.39. The molecule has 0 unspecified atom stereocenters. The van der Waals surface area contributed by atoms with Gasteiger partial charge in [-0.15, -0.1) is 0 Å². The van der Waals surface area contributed by atoms with E-state index >= 15 is 0 Å². The van der Waals surface area contributed by atoms with E-state index in [2.05, 4.69) is 10.3 Å². The number of amides is 1. The normalized spacial score (nSPS) is 11.7. The standard InChI is InChI=1S/C21H20N2O3/c1-15(21(25)23-17-8-3-2-4-9-17)26-20(24)14-13-18-12-11-16-7-5-6-10-19(16)22-18/h2-12,15H,13-14H2,1H3,(H,23,25)/t15-/m0/s1. The van der Waals surface area contributed by atoms with Gasteiger partial charge in [0, 0.05) is 23.2 Å². The quantitative estimate of drug-likeness (QED) is 0.689. The minimum Gasteiger partial charge on any atom is -0.453 e. The summed E-state index contributed by atoms with van der Waals surface area (Å²) < 4.78 is 5.21. The Bertz CT molecular complexity index is 909. The molecule has 0 saturated carbocycles. The van der Waals surface area contributed by atoms with Crippen molar-refractivity contribution in [3.05, 3.63) is 72.4 Å². The van der Waals surface area contributed by atoms with Crippen molar-refractivity contribution in [2.24, 2.45) is 0 Å². The van der Waals surface area contributed by atoms with Gasteiger partial charge in [-0.05, 0) is 31.2 Å². The summed E-state index contributed by atoms with van der Waals surface area (Å²) in [6.07, 6.45) is -0.211. The minimum absolute atomic E-state index is 0.175. The third-order valence-electron chi connectivity index (χ3n) is 3.96. The Hall–Kier alpha value is -3.21. The maximum Gasteiger partial charge on any atom is 0.306 e. The molecule has 0 spiro atoms. The second kappa shape index (κ2) is 8.25. The van der Waals surface area contributed by atoms with E-state index in [0.717, 1.165) is 16.6 Å². The van der Waals surface area contributed by atoms with Crippen LogP contribution in [0.3, 0.4) is 0 Å². The number of ether oxygens (including phenoxy) is 1. The molecule has 0 radical (unpaired) electrons. The lowest BCUT2D eigenvalue weighted by molar-refractivity contribution is -0.153. The number of rotatable bonds is 6. The van der Waals surface area contributed by atoms with E-state index in [0.29, 0.717) is 12.1 Å². The van der Waals surface area contributed by atoms with Gasteiger partial charge in [0.25, 0.3) is 5.91 Å². The highest BCUT2D eigenvalue weighted by Crippen LogP contribution is 2.13. The third kappa shape index (κ3) is 4.66. The summed E-state index contributed by atoms with van der Waals surface area (Å²) in [5, 5.41) is 3.77. The number of esters is 1. The zero-order valence-electron chi connectivity index (χ0n) is 14.5. The summed E-state index contributed by atoms with van der Waals surface area (Å²) in [6.45, 7) is 1.56. The number of hydrogen-bond donors (Lipinski definition) is 1. The number of hydrogen-bond acceptors (Lipinski definition) is 4. The monoisotopic (exact) mass is 348 g/mol. The first kappa shape index (κ1) is 17.6. The Morgan fingerprint density at radius 1 is 1.00 bits per heavy atom. The number of aryl methyl sites for hydroxylation is 1. The molecule has 0 aliphatic heterocycles. The van der Waals surface area contributed by atoms with Crippen molar-refractivity contribution in [2.75, 3.05) is 5.32 Å². The molecular formula is C21H20N2O3. The highest BCUT2D eigenvalue weighted by molar-refractivity contribution is 5.95. The van der Waals surface area contributed by atoms with Crippen molar-refractivity contribution in [2.45, 2.75) is 25.9 Å². The van der Waals surface area contributed by atoms with E-state index in [1.807, 2.05) is 54.6 Å². The van der Waals surface area contributed by atoms with Crippen LogP contribution >= 0.6 is 0 Å². The largest absolute Gasteiger partial charge is 0.453 e. The number of fused-ring (bicyclic) bond motifs is 1. The molecule has 0 aliphatic carbocycles. The summed E-state index contributed by atoms with van der Waals surface area (Å²) in [4.78, 5) is 28.6. The summed E-state index contributed by atoms with van der Waals surface area (Å²) in [6, 6.07) is 20.8. The molecule has 26 heavy (non-hydrogen) atoms. The average Bonchev–Trinajstić information content (AvgIpc) is 2.67. The molecule has 0 aliphatic rings. The average molecular weight is 348 g/mol. The van der Waals surface area contributed by atoms with Crippen molar-refractivity contribution in [1.82, 2.24) is 4.98 Å². The summed E-state index contributed by atoms with van der Waals surface area (Å²) in [5.74, 6) is -0.774. The molecule has 3 aromatic rings. The number of para-hydroxylation sites is 2. The van der Waals surface area contributed by atoms with E-state index < -0.39 is 12.1 Å². The predicted octanol–water partition coefficient (Wildman–Crippen LogP) is 3.74. The fourth-order valence-electron chi connectivity index (χ4n) is 2.55. The van der Waals surface area contributed by atoms with Gasteiger partial charge >= 0.3 is 5.97 Å². The van der Waals surface area contributed by atoms with Gasteiger partial charge in [-0.25, -0.2) is 0 Å². The summed E-state index contributed by atoms with van der Waals surface area (Å²) >= 11 is 0. The Morgan fingerprint density at radius 2 is 1.73 bits per heavy atom. The highest BCUT2D eigenvalue weighted by atomic mass is 16.5. The van der Waals surface area contributed by atoms with Crippen LogP contribution in [0.1, 0.15) is 19.0 Å². The van der Waals surface area contributed by atoms with Crippen molar-refractivity contribution in [3.8, 4) is 0 Å². The molecule has 1 aromatic heterocycles. The maximum atomic E-state index is 12.1. The first-order valence-corrected chi connectivity index (χ1v) is 8.52. The van der Waals surface area contributed by atoms with E-state index in [9.17, 15) is 9.59 Å². The number of pyridine rings is 1. The van der Waals surface area contributed by atoms with Crippen LogP contribution in [-0.4, -0.2) is 23.0 Å². The molecule has 0 bridgehead atoms.